The lowest BCUT2D eigenvalue weighted by molar-refractivity contribution is 0.0945. The first kappa shape index (κ1) is 14.1. The van der Waals surface area contributed by atoms with Gasteiger partial charge < -0.3 is 10.7 Å². The Balaban J connectivity index is 1.97. The Morgan fingerprint density at radius 1 is 1.47 bits per heavy atom. The van der Waals surface area contributed by atoms with Crippen molar-refractivity contribution in [2.75, 3.05) is 18.2 Å². The zero-order chi connectivity index (χ0) is 13.7. The summed E-state index contributed by atoms with van der Waals surface area (Å²) in [6.07, 6.45) is 6.97. The predicted molar refractivity (Wildman–Crippen MR) is 79.1 cm³/mol. The molecule has 0 saturated heterocycles. The number of nitrogens with zero attached hydrogens (tertiary/aromatic N) is 1. The Bertz CT molecular complexity index is 446. The first-order valence-corrected chi connectivity index (χ1v) is 7.69. The Labute approximate surface area is 117 Å². The molecule has 2 rings (SSSR count). The molecule has 1 saturated carbocycles. The maximum Gasteiger partial charge on any atom is 0.270 e. The fourth-order valence-corrected chi connectivity index (χ4v) is 3.36. The number of rotatable bonds is 5. The summed E-state index contributed by atoms with van der Waals surface area (Å²) in [6, 6.07) is 5.17. The van der Waals surface area contributed by atoms with Gasteiger partial charge in [0.15, 0.2) is 0 Å². The zero-order valence-electron chi connectivity index (χ0n) is 11.1. The van der Waals surface area contributed by atoms with Crippen LogP contribution in [0.3, 0.4) is 0 Å². The summed E-state index contributed by atoms with van der Waals surface area (Å²) in [4.78, 5) is 16.2. The first-order valence-electron chi connectivity index (χ1n) is 6.46. The van der Waals surface area contributed by atoms with Crippen LogP contribution >= 0.6 is 11.8 Å². The number of hydrogen-bond acceptors (Lipinski definition) is 5. The molecule has 1 amide bonds. The van der Waals surface area contributed by atoms with Crippen molar-refractivity contribution in [1.82, 2.24) is 10.3 Å². The number of aromatic nitrogens is 1. The molecule has 1 fully saturated rings. The number of hydrogen-bond donors (Lipinski definition) is 3. The second kappa shape index (κ2) is 6.25. The van der Waals surface area contributed by atoms with Crippen LogP contribution in [0, 0.1) is 0 Å². The average molecular weight is 280 g/mol. The topological polar surface area (TPSA) is 80.0 Å². The highest BCUT2D eigenvalue weighted by Gasteiger charge is 2.33. The van der Waals surface area contributed by atoms with Crippen molar-refractivity contribution >= 4 is 23.5 Å². The minimum absolute atomic E-state index is 0.141. The van der Waals surface area contributed by atoms with Gasteiger partial charge in [-0.05, 0) is 31.2 Å². The number of pyridine rings is 1. The Kier molecular flexibility index (Phi) is 4.66. The van der Waals surface area contributed by atoms with Crippen LogP contribution in [0.5, 0.6) is 0 Å². The van der Waals surface area contributed by atoms with E-state index in [2.05, 4.69) is 22.0 Å². The number of carbonyl (C=O) groups excluding carboxylic acids is 1. The number of anilines is 1. The fraction of sp³-hybridized carbons (Fsp3) is 0.538. The molecule has 19 heavy (non-hydrogen) atoms. The van der Waals surface area contributed by atoms with Crippen LogP contribution in [0.1, 0.15) is 36.2 Å². The average Bonchev–Trinajstić information content (AvgIpc) is 2.94. The standard InChI is InChI=1S/C13H20N4OS/c1-19-13(7-2-3-8-13)9-15-12(18)10-5-4-6-11(16-10)17-14/h4-6H,2-3,7-9,14H2,1H3,(H,15,18)(H,16,17). The third-order valence-corrected chi connectivity index (χ3v) is 5.07. The van der Waals surface area contributed by atoms with E-state index in [0.29, 0.717) is 18.1 Å². The lowest BCUT2D eigenvalue weighted by atomic mass is 10.1. The van der Waals surface area contributed by atoms with Gasteiger partial charge in [0.25, 0.3) is 5.91 Å². The van der Waals surface area contributed by atoms with E-state index in [9.17, 15) is 4.79 Å². The smallest absolute Gasteiger partial charge is 0.270 e. The normalized spacial score (nSPS) is 17.2. The summed E-state index contributed by atoms with van der Waals surface area (Å²) in [6.45, 7) is 0.703. The summed E-state index contributed by atoms with van der Waals surface area (Å²) in [7, 11) is 0. The molecule has 0 bridgehead atoms. The highest BCUT2D eigenvalue weighted by Crippen LogP contribution is 2.39. The van der Waals surface area contributed by atoms with Crippen molar-refractivity contribution in [2.45, 2.75) is 30.4 Å². The minimum Gasteiger partial charge on any atom is -0.349 e. The van der Waals surface area contributed by atoms with E-state index in [1.54, 1.807) is 18.2 Å². The van der Waals surface area contributed by atoms with Crippen molar-refractivity contribution < 1.29 is 4.79 Å². The summed E-state index contributed by atoms with van der Waals surface area (Å²) in [5.74, 6) is 5.64. The molecule has 1 aromatic rings. The molecular weight excluding hydrogens is 260 g/mol. The van der Waals surface area contributed by atoms with Crippen molar-refractivity contribution in [1.29, 1.82) is 0 Å². The molecule has 6 heteroatoms. The van der Waals surface area contributed by atoms with Crippen LogP contribution in [0.2, 0.25) is 0 Å². The lowest BCUT2D eigenvalue weighted by Crippen LogP contribution is -2.38. The molecular formula is C13H20N4OS. The van der Waals surface area contributed by atoms with Gasteiger partial charge in [-0.3, -0.25) is 4.79 Å². The third-order valence-electron chi connectivity index (χ3n) is 3.65. The van der Waals surface area contributed by atoms with E-state index in [-0.39, 0.29) is 10.7 Å². The fourth-order valence-electron chi connectivity index (χ4n) is 2.45. The van der Waals surface area contributed by atoms with Gasteiger partial charge >= 0.3 is 0 Å². The summed E-state index contributed by atoms with van der Waals surface area (Å²) in [5, 5.41) is 2.99. The van der Waals surface area contributed by atoms with E-state index < -0.39 is 0 Å². The van der Waals surface area contributed by atoms with E-state index >= 15 is 0 Å². The highest BCUT2D eigenvalue weighted by molar-refractivity contribution is 8.00. The number of amides is 1. The van der Waals surface area contributed by atoms with Crippen LogP contribution in [0.25, 0.3) is 0 Å². The molecule has 0 aromatic carbocycles. The van der Waals surface area contributed by atoms with Gasteiger partial charge in [0.2, 0.25) is 0 Å². The van der Waals surface area contributed by atoms with E-state index in [4.69, 9.17) is 5.84 Å². The van der Waals surface area contributed by atoms with Gasteiger partial charge in [-0.1, -0.05) is 18.9 Å². The van der Waals surface area contributed by atoms with E-state index in [0.717, 1.165) is 0 Å². The molecule has 0 unspecified atom stereocenters. The largest absolute Gasteiger partial charge is 0.349 e. The number of thioether (sulfide) groups is 1. The lowest BCUT2D eigenvalue weighted by Gasteiger charge is -2.26. The summed E-state index contributed by atoms with van der Waals surface area (Å²) < 4.78 is 0.208. The monoisotopic (exact) mass is 280 g/mol. The van der Waals surface area contributed by atoms with Crippen LogP contribution in [-0.4, -0.2) is 28.4 Å². The van der Waals surface area contributed by atoms with Gasteiger partial charge in [-0.15, -0.1) is 0 Å². The van der Waals surface area contributed by atoms with Gasteiger partial charge in [-0.25, -0.2) is 10.8 Å². The molecule has 1 aliphatic rings. The summed E-state index contributed by atoms with van der Waals surface area (Å²) >= 11 is 1.86. The molecule has 0 spiro atoms. The van der Waals surface area contributed by atoms with Crippen LogP contribution in [-0.2, 0) is 0 Å². The van der Waals surface area contributed by atoms with Gasteiger partial charge in [0.1, 0.15) is 11.5 Å². The SMILES string of the molecule is CSC1(CNC(=O)c2cccc(NN)n2)CCCC1. The van der Waals surface area contributed by atoms with Crippen LogP contribution < -0.4 is 16.6 Å². The zero-order valence-corrected chi connectivity index (χ0v) is 11.9. The van der Waals surface area contributed by atoms with Crippen molar-refractivity contribution in [3.8, 4) is 0 Å². The van der Waals surface area contributed by atoms with Crippen LogP contribution in [0.15, 0.2) is 18.2 Å². The second-order valence-electron chi connectivity index (χ2n) is 4.83. The van der Waals surface area contributed by atoms with Gasteiger partial charge in [0, 0.05) is 11.3 Å². The maximum absolute atomic E-state index is 12.1. The summed E-state index contributed by atoms with van der Waals surface area (Å²) in [5.41, 5.74) is 2.84. The highest BCUT2D eigenvalue weighted by atomic mass is 32.2. The molecule has 5 nitrogen and oxygen atoms in total. The number of hydrazine groups is 1. The molecule has 4 N–H and O–H groups in total. The molecule has 1 aromatic heterocycles. The molecule has 104 valence electrons. The predicted octanol–water partition coefficient (Wildman–Crippen LogP) is 1.77. The van der Waals surface area contributed by atoms with Crippen molar-refractivity contribution in [3.05, 3.63) is 23.9 Å². The quantitative estimate of drug-likeness (QED) is 0.566. The molecule has 0 aliphatic heterocycles. The molecule has 1 heterocycles. The molecule has 1 aliphatic carbocycles. The molecule has 0 radical (unpaired) electrons. The van der Waals surface area contributed by atoms with Gasteiger partial charge in [0.05, 0.1) is 0 Å². The Morgan fingerprint density at radius 2 is 2.21 bits per heavy atom. The van der Waals surface area contributed by atoms with Crippen LogP contribution in [0.4, 0.5) is 5.82 Å². The van der Waals surface area contributed by atoms with E-state index in [1.807, 2.05) is 11.8 Å². The molecule has 0 atom stereocenters. The van der Waals surface area contributed by atoms with Crippen molar-refractivity contribution in [2.24, 2.45) is 5.84 Å². The number of nitrogens with one attached hydrogen (secondary N) is 2. The number of nitrogens with two attached hydrogens (primary N) is 1. The maximum atomic E-state index is 12.1. The second-order valence-corrected chi connectivity index (χ2v) is 6.10. The number of carbonyl (C=O) groups is 1. The first-order chi connectivity index (χ1) is 9.19. The third kappa shape index (κ3) is 3.39. The van der Waals surface area contributed by atoms with Crippen molar-refractivity contribution in [3.63, 3.8) is 0 Å². The van der Waals surface area contributed by atoms with E-state index in [1.165, 1.54) is 25.7 Å². The Morgan fingerprint density at radius 3 is 2.84 bits per heavy atom. The minimum atomic E-state index is -0.141. The van der Waals surface area contributed by atoms with Gasteiger partial charge in [-0.2, -0.15) is 11.8 Å². The Hall–Kier alpha value is -1.27. The number of nitrogen functional groups attached to an aromatic ring is 1.